The summed E-state index contributed by atoms with van der Waals surface area (Å²) in [6.07, 6.45) is 0. The molecule has 0 heterocycles. The highest BCUT2D eigenvalue weighted by atomic mass is 79.9. The van der Waals surface area contributed by atoms with Gasteiger partial charge in [0.15, 0.2) is 0 Å². The molecule has 0 radical (unpaired) electrons. The molecule has 0 saturated heterocycles. The van der Waals surface area contributed by atoms with E-state index < -0.39 is 0 Å². The molecule has 2 aromatic carbocycles. The summed E-state index contributed by atoms with van der Waals surface area (Å²) in [6, 6.07) is 13.5. The summed E-state index contributed by atoms with van der Waals surface area (Å²) in [4.78, 5) is 12.4. The zero-order chi connectivity index (χ0) is 14.5. The fourth-order valence-electron chi connectivity index (χ4n) is 2.00. The van der Waals surface area contributed by atoms with Crippen LogP contribution in [0.3, 0.4) is 0 Å². The number of carbonyl (C=O) groups excluding carboxylic acids is 1. The molecule has 0 unspecified atom stereocenters. The molecule has 0 aliphatic rings. The van der Waals surface area contributed by atoms with Crippen LogP contribution in [0, 0.1) is 6.92 Å². The first kappa shape index (κ1) is 14.8. The van der Waals surface area contributed by atoms with Crippen LogP contribution in [0.2, 0.25) is 0 Å². The van der Waals surface area contributed by atoms with E-state index in [-0.39, 0.29) is 5.91 Å². The molecule has 2 aromatic rings. The Hall–Kier alpha value is -1.65. The maximum absolute atomic E-state index is 12.4. The number of amides is 1. The lowest BCUT2D eigenvalue weighted by Gasteiger charge is -2.12. The van der Waals surface area contributed by atoms with Crippen LogP contribution in [-0.2, 0) is 6.54 Å². The van der Waals surface area contributed by atoms with E-state index in [1.54, 1.807) is 0 Å². The first-order chi connectivity index (χ1) is 9.63. The van der Waals surface area contributed by atoms with Crippen LogP contribution in [0.25, 0.3) is 0 Å². The Labute approximate surface area is 127 Å². The van der Waals surface area contributed by atoms with Gasteiger partial charge >= 0.3 is 0 Å². The second-order valence-corrected chi connectivity index (χ2v) is 5.37. The molecule has 0 spiro atoms. The van der Waals surface area contributed by atoms with Gasteiger partial charge in [-0.1, -0.05) is 30.3 Å². The molecule has 0 aliphatic carbocycles. The van der Waals surface area contributed by atoms with Gasteiger partial charge in [0.05, 0.1) is 5.56 Å². The molecule has 0 saturated carbocycles. The van der Waals surface area contributed by atoms with Crippen LogP contribution in [0.4, 0.5) is 5.69 Å². The minimum atomic E-state index is -0.107. The normalized spacial score (nSPS) is 10.3. The smallest absolute Gasteiger partial charge is 0.256 e. The minimum absolute atomic E-state index is 0.107. The lowest BCUT2D eigenvalue weighted by molar-refractivity contribution is 0.102. The number of para-hydroxylation sites is 1. The Balaban J connectivity index is 2.26. The van der Waals surface area contributed by atoms with Gasteiger partial charge in [-0.3, -0.25) is 4.79 Å². The van der Waals surface area contributed by atoms with Crippen LogP contribution >= 0.6 is 15.9 Å². The van der Waals surface area contributed by atoms with Crippen molar-refractivity contribution in [3.8, 4) is 0 Å². The first-order valence-corrected chi connectivity index (χ1v) is 7.21. The van der Waals surface area contributed by atoms with Crippen LogP contribution in [0.15, 0.2) is 46.9 Å². The number of carbonyl (C=O) groups is 1. The van der Waals surface area contributed by atoms with Crippen molar-refractivity contribution in [2.75, 3.05) is 12.4 Å². The molecule has 0 atom stereocenters. The van der Waals surface area contributed by atoms with Crippen LogP contribution in [-0.4, -0.2) is 13.0 Å². The van der Waals surface area contributed by atoms with Gasteiger partial charge in [-0.25, -0.2) is 0 Å². The van der Waals surface area contributed by atoms with Crippen LogP contribution in [0.1, 0.15) is 21.5 Å². The largest absolute Gasteiger partial charge is 0.322 e. The number of hydrogen-bond acceptors (Lipinski definition) is 2. The molecule has 20 heavy (non-hydrogen) atoms. The summed E-state index contributed by atoms with van der Waals surface area (Å²) in [5.41, 5.74) is 3.58. The molecule has 0 fully saturated rings. The van der Waals surface area contributed by atoms with E-state index in [1.807, 2.05) is 56.4 Å². The summed E-state index contributed by atoms with van der Waals surface area (Å²) < 4.78 is 0.837. The van der Waals surface area contributed by atoms with Gasteiger partial charge < -0.3 is 10.6 Å². The van der Waals surface area contributed by atoms with Crippen molar-refractivity contribution in [1.82, 2.24) is 5.32 Å². The van der Waals surface area contributed by atoms with Crippen molar-refractivity contribution in [3.63, 3.8) is 0 Å². The zero-order valence-electron chi connectivity index (χ0n) is 11.5. The van der Waals surface area contributed by atoms with Gasteiger partial charge in [0.25, 0.3) is 5.91 Å². The average Bonchev–Trinajstić information content (AvgIpc) is 2.44. The van der Waals surface area contributed by atoms with Crippen molar-refractivity contribution in [2.24, 2.45) is 0 Å². The zero-order valence-corrected chi connectivity index (χ0v) is 13.1. The molecule has 1 amide bonds. The third kappa shape index (κ3) is 3.26. The Bertz CT molecular complexity index is 626. The molecule has 0 aromatic heterocycles. The fourth-order valence-corrected chi connectivity index (χ4v) is 2.44. The van der Waals surface area contributed by atoms with Gasteiger partial charge in [0.2, 0.25) is 0 Å². The predicted molar refractivity (Wildman–Crippen MR) is 86.0 cm³/mol. The molecule has 0 bridgehead atoms. The van der Waals surface area contributed by atoms with Crippen molar-refractivity contribution >= 4 is 27.5 Å². The van der Waals surface area contributed by atoms with E-state index in [2.05, 4.69) is 26.6 Å². The third-order valence-electron chi connectivity index (χ3n) is 3.07. The second kappa shape index (κ2) is 6.68. The monoisotopic (exact) mass is 332 g/mol. The third-order valence-corrected chi connectivity index (χ3v) is 4.12. The van der Waals surface area contributed by atoms with E-state index in [9.17, 15) is 4.79 Å². The van der Waals surface area contributed by atoms with E-state index >= 15 is 0 Å². The second-order valence-electron chi connectivity index (χ2n) is 4.58. The Kier molecular flexibility index (Phi) is 4.93. The van der Waals surface area contributed by atoms with E-state index in [0.717, 1.165) is 21.3 Å². The number of hydrogen-bond donors (Lipinski definition) is 2. The van der Waals surface area contributed by atoms with Crippen LogP contribution < -0.4 is 10.6 Å². The minimum Gasteiger partial charge on any atom is -0.322 e. The predicted octanol–water partition coefficient (Wildman–Crippen LogP) is 3.73. The summed E-state index contributed by atoms with van der Waals surface area (Å²) in [5, 5.41) is 6.07. The Morgan fingerprint density at radius 3 is 2.65 bits per heavy atom. The molecule has 4 heteroatoms. The fraction of sp³-hybridized carbons (Fsp3) is 0.188. The molecule has 0 aliphatic heterocycles. The topological polar surface area (TPSA) is 41.1 Å². The van der Waals surface area contributed by atoms with E-state index in [1.165, 1.54) is 0 Å². The quantitative estimate of drug-likeness (QED) is 0.895. The lowest BCUT2D eigenvalue weighted by atomic mass is 10.1. The SMILES string of the molecule is CNCc1ccccc1NC(=O)c1cccc(C)c1Br. The number of halogens is 1. The lowest BCUT2D eigenvalue weighted by Crippen LogP contribution is -2.16. The highest BCUT2D eigenvalue weighted by molar-refractivity contribution is 9.10. The number of nitrogens with one attached hydrogen (secondary N) is 2. The van der Waals surface area contributed by atoms with Crippen molar-refractivity contribution in [1.29, 1.82) is 0 Å². The maximum atomic E-state index is 12.4. The van der Waals surface area contributed by atoms with Crippen molar-refractivity contribution in [2.45, 2.75) is 13.5 Å². The Morgan fingerprint density at radius 1 is 1.15 bits per heavy atom. The van der Waals surface area contributed by atoms with E-state index in [0.29, 0.717) is 12.1 Å². The van der Waals surface area contributed by atoms with Crippen LogP contribution in [0.5, 0.6) is 0 Å². The van der Waals surface area contributed by atoms with Crippen molar-refractivity contribution in [3.05, 3.63) is 63.6 Å². The molecular formula is C16H17BrN2O. The molecule has 2 N–H and O–H groups in total. The first-order valence-electron chi connectivity index (χ1n) is 6.42. The number of aryl methyl sites for hydroxylation is 1. The van der Waals surface area contributed by atoms with Gasteiger partial charge in [0.1, 0.15) is 0 Å². The highest BCUT2D eigenvalue weighted by Crippen LogP contribution is 2.23. The van der Waals surface area contributed by atoms with Gasteiger partial charge in [-0.05, 0) is 53.2 Å². The number of benzene rings is 2. The van der Waals surface area contributed by atoms with Gasteiger partial charge in [-0.2, -0.15) is 0 Å². The number of anilines is 1. The Morgan fingerprint density at radius 2 is 1.90 bits per heavy atom. The van der Waals surface area contributed by atoms with Gasteiger partial charge in [-0.15, -0.1) is 0 Å². The summed E-state index contributed by atoms with van der Waals surface area (Å²) in [6.45, 7) is 2.68. The molecular weight excluding hydrogens is 316 g/mol. The van der Waals surface area contributed by atoms with E-state index in [4.69, 9.17) is 0 Å². The standard InChI is InChI=1S/C16H17BrN2O/c1-11-6-5-8-13(15(11)17)16(20)19-14-9-4-3-7-12(14)10-18-2/h3-9,18H,10H2,1-2H3,(H,19,20). The molecule has 3 nitrogen and oxygen atoms in total. The summed E-state index contributed by atoms with van der Waals surface area (Å²) >= 11 is 3.47. The van der Waals surface area contributed by atoms with Crippen molar-refractivity contribution < 1.29 is 4.79 Å². The molecule has 104 valence electrons. The number of rotatable bonds is 4. The summed E-state index contributed by atoms with van der Waals surface area (Å²) in [7, 11) is 1.88. The summed E-state index contributed by atoms with van der Waals surface area (Å²) in [5.74, 6) is -0.107. The highest BCUT2D eigenvalue weighted by Gasteiger charge is 2.12. The van der Waals surface area contributed by atoms with Gasteiger partial charge in [0, 0.05) is 16.7 Å². The maximum Gasteiger partial charge on any atom is 0.256 e. The molecule has 2 rings (SSSR count). The average molecular weight is 333 g/mol.